The van der Waals surface area contributed by atoms with Crippen molar-refractivity contribution in [2.24, 2.45) is 23.7 Å². The quantitative estimate of drug-likeness (QED) is 0.182. The topological polar surface area (TPSA) is 25.8 Å². The summed E-state index contributed by atoms with van der Waals surface area (Å²) in [6.07, 6.45) is 8.77. The summed E-state index contributed by atoms with van der Waals surface area (Å²) in [4.78, 5) is 10.2. The molecule has 5 aliphatic carbocycles. The Bertz CT molecular complexity index is 2340. The van der Waals surface area contributed by atoms with Gasteiger partial charge in [0.1, 0.15) is 0 Å². The Morgan fingerprint density at radius 1 is 0.469 bits per heavy atom. The van der Waals surface area contributed by atoms with Gasteiger partial charge in [0, 0.05) is 27.9 Å². The fourth-order valence-corrected chi connectivity index (χ4v) is 11.7. The lowest BCUT2D eigenvalue weighted by Gasteiger charge is -2.65. The van der Waals surface area contributed by atoms with Gasteiger partial charge in [-0.25, -0.2) is 4.98 Å². The van der Waals surface area contributed by atoms with Crippen LogP contribution >= 0.6 is 0 Å². The molecule has 4 bridgehead atoms. The molecular weight excluding hydrogens is 593 g/mol. The molecule has 0 amide bonds. The monoisotopic (exact) mass is 630 g/mol. The van der Waals surface area contributed by atoms with Gasteiger partial charge in [-0.3, -0.25) is 4.98 Å². The van der Waals surface area contributed by atoms with Gasteiger partial charge in [0.15, 0.2) is 0 Å². The molecule has 0 atom stereocenters. The predicted molar refractivity (Wildman–Crippen MR) is 199 cm³/mol. The van der Waals surface area contributed by atoms with Crippen LogP contribution < -0.4 is 0 Å². The van der Waals surface area contributed by atoms with Crippen LogP contribution in [0.2, 0.25) is 0 Å². The summed E-state index contributed by atoms with van der Waals surface area (Å²) in [5.74, 6) is 3.14. The minimum absolute atomic E-state index is 0.0296. The van der Waals surface area contributed by atoms with E-state index in [2.05, 4.69) is 133 Å². The van der Waals surface area contributed by atoms with Gasteiger partial charge >= 0.3 is 0 Å². The van der Waals surface area contributed by atoms with Gasteiger partial charge in [0.05, 0.1) is 22.1 Å². The number of hydrogen-bond acceptors (Lipinski definition) is 2. The lowest BCUT2D eigenvalue weighted by atomic mass is 9.38. The molecule has 2 heteroatoms. The Labute approximate surface area is 287 Å². The summed E-state index contributed by atoms with van der Waals surface area (Å²) >= 11 is 0. The highest BCUT2D eigenvalue weighted by molar-refractivity contribution is 6.03. The van der Waals surface area contributed by atoms with Crippen LogP contribution in [0.15, 0.2) is 146 Å². The van der Waals surface area contributed by atoms with E-state index in [1.165, 1.54) is 59.9 Å². The van der Waals surface area contributed by atoms with Gasteiger partial charge in [-0.2, -0.15) is 0 Å². The van der Waals surface area contributed by atoms with Crippen LogP contribution in [-0.4, -0.2) is 9.97 Å². The molecule has 0 unspecified atom stereocenters. The van der Waals surface area contributed by atoms with E-state index >= 15 is 0 Å². The van der Waals surface area contributed by atoms with Crippen LogP contribution in [0.4, 0.5) is 0 Å². The fraction of sp³-hybridized carbons (Fsp3) is 0.234. The second-order valence-corrected chi connectivity index (χ2v) is 15.4. The molecule has 7 aromatic rings. The van der Waals surface area contributed by atoms with Crippen LogP contribution in [0.1, 0.15) is 65.5 Å². The lowest BCUT2D eigenvalue weighted by Crippen LogP contribution is -2.59. The SMILES string of the molecule is c1ccc(C2(c3ccccc3)c3ccccc3C3(c4ccc(-c5ccc6ccc7cccnc7c6n5)cc42)C2CC4CC(C2)CC3C4)cc1. The Morgan fingerprint density at radius 3 is 1.76 bits per heavy atom. The van der Waals surface area contributed by atoms with Crippen molar-refractivity contribution in [3.8, 4) is 11.3 Å². The van der Waals surface area contributed by atoms with E-state index in [1.54, 1.807) is 11.1 Å². The third kappa shape index (κ3) is 3.67. The molecule has 49 heavy (non-hydrogen) atoms. The molecule has 0 radical (unpaired) electrons. The van der Waals surface area contributed by atoms with E-state index in [0.29, 0.717) is 11.8 Å². The second kappa shape index (κ2) is 10.2. The van der Waals surface area contributed by atoms with Crippen LogP contribution in [-0.2, 0) is 10.8 Å². The normalized spacial score (nSPS) is 25.8. The maximum Gasteiger partial charge on any atom is 0.0972 e. The van der Waals surface area contributed by atoms with Crippen molar-refractivity contribution in [1.29, 1.82) is 0 Å². The van der Waals surface area contributed by atoms with Crippen molar-refractivity contribution in [3.63, 3.8) is 0 Å². The molecule has 2 nitrogen and oxygen atoms in total. The van der Waals surface area contributed by atoms with Crippen molar-refractivity contribution in [3.05, 3.63) is 179 Å². The summed E-state index contributed by atoms with van der Waals surface area (Å²) in [5, 5.41) is 2.25. The van der Waals surface area contributed by atoms with Crippen molar-refractivity contribution < 1.29 is 0 Å². The number of rotatable bonds is 3. The first-order valence-electron chi connectivity index (χ1n) is 18.3. The predicted octanol–water partition coefficient (Wildman–Crippen LogP) is 10.9. The summed E-state index contributed by atoms with van der Waals surface area (Å²) < 4.78 is 0. The molecule has 5 aromatic carbocycles. The molecule has 4 saturated carbocycles. The molecular formula is C47H38N2. The van der Waals surface area contributed by atoms with Gasteiger partial charge < -0.3 is 0 Å². The minimum atomic E-state index is -0.463. The molecule has 0 N–H and O–H groups in total. The van der Waals surface area contributed by atoms with Gasteiger partial charge in [0.2, 0.25) is 0 Å². The highest BCUT2D eigenvalue weighted by Gasteiger charge is 2.63. The zero-order chi connectivity index (χ0) is 32.2. The Morgan fingerprint density at radius 2 is 1.06 bits per heavy atom. The van der Waals surface area contributed by atoms with E-state index in [-0.39, 0.29) is 5.41 Å². The molecule has 2 heterocycles. The van der Waals surface area contributed by atoms with Crippen molar-refractivity contribution in [2.45, 2.75) is 42.9 Å². The standard InChI is InChI=1S/C47H38N2/c1-3-11-35(12-4-1)46(36-13-5-2-6-14-36)39-15-7-8-16-40(39)47(37-25-30-24-31(27-37)28-38(47)26-30)41-21-19-34(29-42(41)46)43-22-20-33-18-17-32-10-9-23-48-44(32)45(33)49-43/h1-23,29-31,37-38H,24-28H2. The molecule has 0 saturated heterocycles. The Balaban J connectivity index is 1.25. The molecule has 5 aliphatic rings. The first kappa shape index (κ1) is 27.8. The van der Waals surface area contributed by atoms with Gasteiger partial charge in [-0.05, 0) is 107 Å². The van der Waals surface area contributed by atoms with E-state index in [9.17, 15) is 0 Å². The average Bonchev–Trinajstić information content (AvgIpc) is 3.16. The number of benzene rings is 5. The van der Waals surface area contributed by atoms with Crippen molar-refractivity contribution in [2.75, 3.05) is 0 Å². The van der Waals surface area contributed by atoms with Crippen LogP contribution in [0.5, 0.6) is 0 Å². The van der Waals surface area contributed by atoms with Gasteiger partial charge in [0.25, 0.3) is 0 Å². The van der Waals surface area contributed by atoms with Crippen LogP contribution in [0.25, 0.3) is 33.1 Å². The van der Waals surface area contributed by atoms with E-state index in [1.807, 2.05) is 12.3 Å². The maximum absolute atomic E-state index is 5.37. The Hall–Kier alpha value is -5.08. The first-order chi connectivity index (χ1) is 24.2. The largest absolute Gasteiger partial charge is 0.254 e. The second-order valence-electron chi connectivity index (χ2n) is 15.4. The molecule has 236 valence electrons. The highest BCUT2D eigenvalue weighted by atomic mass is 14.8. The van der Waals surface area contributed by atoms with E-state index < -0.39 is 5.41 Å². The number of pyridine rings is 2. The Kier molecular flexibility index (Phi) is 5.80. The van der Waals surface area contributed by atoms with E-state index in [0.717, 1.165) is 39.3 Å². The third-order valence-corrected chi connectivity index (χ3v) is 13.2. The average molecular weight is 631 g/mol. The van der Waals surface area contributed by atoms with Crippen molar-refractivity contribution >= 4 is 21.8 Å². The van der Waals surface area contributed by atoms with Gasteiger partial charge in [-0.1, -0.05) is 121 Å². The minimum Gasteiger partial charge on any atom is -0.254 e. The summed E-state index contributed by atoms with van der Waals surface area (Å²) in [6, 6.07) is 52.7. The first-order valence-corrected chi connectivity index (χ1v) is 18.3. The number of nitrogens with zero attached hydrogens (tertiary/aromatic N) is 2. The third-order valence-electron chi connectivity index (χ3n) is 13.2. The summed E-state index contributed by atoms with van der Waals surface area (Å²) in [6.45, 7) is 0. The number of aromatic nitrogens is 2. The number of fused-ring (bicyclic) bond motifs is 5. The molecule has 2 aromatic heterocycles. The maximum atomic E-state index is 5.37. The molecule has 4 fully saturated rings. The van der Waals surface area contributed by atoms with Crippen LogP contribution in [0.3, 0.4) is 0 Å². The summed E-state index contributed by atoms with van der Waals surface area (Å²) in [5.41, 5.74) is 12.4. The summed E-state index contributed by atoms with van der Waals surface area (Å²) in [7, 11) is 0. The van der Waals surface area contributed by atoms with Crippen LogP contribution in [0, 0.1) is 23.7 Å². The molecule has 1 spiro atoms. The van der Waals surface area contributed by atoms with Crippen molar-refractivity contribution in [1.82, 2.24) is 9.97 Å². The zero-order valence-electron chi connectivity index (χ0n) is 27.6. The van der Waals surface area contributed by atoms with E-state index in [4.69, 9.17) is 9.97 Å². The highest BCUT2D eigenvalue weighted by Crippen LogP contribution is 2.70. The fourth-order valence-electron chi connectivity index (χ4n) is 11.7. The molecule has 12 rings (SSSR count). The van der Waals surface area contributed by atoms with Gasteiger partial charge in [-0.15, -0.1) is 0 Å². The smallest absolute Gasteiger partial charge is 0.0972 e. The zero-order valence-corrected chi connectivity index (χ0v) is 27.6. The molecule has 0 aliphatic heterocycles. The number of hydrogen-bond donors (Lipinski definition) is 0. The lowest BCUT2D eigenvalue weighted by molar-refractivity contribution is -0.0440.